The van der Waals surface area contributed by atoms with Crippen LogP contribution in [0.3, 0.4) is 0 Å². The minimum Gasteiger partial charge on any atom is -0.285 e. The molecule has 0 unspecified atom stereocenters. The van der Waals surface area contributed by atoms with Gasteiger partial charge in [0.05, 0.1) is 0 Å². The van der Waals surface area contributed by atoms with E-state index in [-0.39, 0.29) is 0 Å². The summed E-state index contributed by atoms with van der Waals surface area (Å²) in [5.41, 5.74) is 7.13. The van der Waals surface area contributed by atoms with E-state index in [0.29, 0.717) is 0 Å². The Morgan fingerprint density at radius 1 is 0.333 bits per heavy atom. The van der Waals surface area contributed by atoms with Crippen molar-refractivity contribution in [1.29, 1.82) is 0 Å². The van der Waals surface area contributed by atoms with Crippen LogP contribution in [-0.2, 0) is 0 Å². The van der Waals surface area contributed by atoms with Crippen molar-refractivity contribution in [3.05, 3.63) is 0 Å². The average Bonchev–Trinajstić information content (AvgIpc) is 2.89. The molecule has 0 aromatic carbocycles. The highest BCUT2D eigenvalue weighted by Crippen LogP contribution is 2.38. The van der Waals surface area contributed by atoms with Gasteiger partial charge in [0.15, 0.2) is 0 Å². The second-order valence-corrected chi connectivity index (χ2v) is 13.1. The van der Waals surface area contributed by atoms with Gasteiger partial charge in [-0.1, -0.05) is 156 Å². The van der Waals surface area contributed by atoms with E-state index in [0.717, 1.165) is 0 Å². The molecule has 0 aliphatic heterocycles. The minimum atomic E-state index is -0.651. The molecular weight excluding hydrogens is 457 g/mol. The Labute approximate surface area is 231 Å². The molecule has 0 rings (SSSR count). The Morgan fingerprint density at radius 2 is 0.528 bits per heavy atom. The maximum Gasteiger partial charge on any atom is 0.114 e. The van der Waals surface area contributed by atoms with Crippen molar-refractivity contribution in [3.8, 4) is 0 Å². The molecule has 0 bridgehead atoms. The molecule has 0 radical (unpaired) electrons. The number of rotatable bonds is 30. The maximum atomic E-state index is 7.13. The van der Waals surface area contributed by atoms with Crippen LogP contribution in [0.25, 0.3) is 0 Å². The summed E-state index contributed by atoms with van der Waals surface area (Å²) in [7, 11) is -0.651. The molecule has 0 spiro atoms. The van der Waals surface area contributed by atoms with Gasteiger partial charge in [-0.15, -0.1) is 0 Å². The zero-order chi connectivity index (χ0) is 26.5. The maximum absolute atomic E-state index is 7.13. The Morgan fingerprint density at radius 3 is 0.750 bits per heavy atom. The fourth-order valence-electron chi connectivity index (χ4n) is 5.11. The normalized spacial score (nSPS) is 12.0. The van der Waals surface area contributed by atoms with Crippen LogP contribution < -0.4 is 5.50 Å². The van der Waals surface area contributed by atoms with Crippen LogP contribution in [0.4, 0.5) is 0 Å². The monoisotopic (exact) mass is 528 g/mol. The number of nitrogens with zero attached hydrogens (tertiary/aromatic N) is 2. The minimum absolute atomic E-state index is 0.651. The van der Waals surface area contributed by atoms with Gasteiger partial charge in [0, 0.05) is 26.2 Å². The van der Waals surface area contributed by atoms with E-state index in [2.05, 4.69) is 37.0 Å². The molecule has 0 aromatic heterocycles. The molecule has 2 N–H and O–H groups in total. The molecule has 0 amide bonds. The van der Waals surface area contributed by atoms with Gasteiger partial charge in [0.2, 0.25) is 0 Å². The number of nitrogens with two attached hydrogens (primary N) is 1. The summed E-state index contributed by atoms with van der Waals surface area (Å²) in [5.74, 6) is 0. The predicted molar refractivity (Wildman–Crippen MR) is 168 cm³/mol. The van der Waals surface area contributed by atoms with Crippen LogP contribution in [0, 0.1) is 0 Å². The van der Waals surface area contributed by atoms with Crippen LogP contribution >= 0.6 is 8.37 Å². The molecule has 0 atom stereocenters. The summed E-state index contributed by atoms with van der Waals surface area (Å²) < 4.78 is 5.45. The molecule has 0 saturated carbocycles. The molecule has 0 fully saturated rings. The fourth-order valence-corrected chi connectivity index (χ4v) is 6.85. The lowest BCUT2D eigenvalue weighted by Crippen LogP contribution is -2.35. The topological polar surface area (TPSA) is 32.5 Å². The van der Waals surface area contributed by atoms with Crippen LogP contribution in [0.5, 0.6) is 0 Å². The molecule has 0 aliphatic rings. The highest BCUT2D eigenvalue weighted by atomic mass is 31.1. The largest absolute Gasteiger partial charge is 0.285 e. The lowest BCUT2D eigenvalue weighted by atomic mass is 10.1. The van der Waals surface area contributed by atoms with Gasteiger partial charge < -0.3 is 0 Å². The Kier molecular flexibility index (Phi) is 30.1. The van der Waals surface area contributed by atoms with Gasteiger partial charge in [-0.25, -0.2) is 0 Å². The first-order valence-corrected chi connectivity index (χ1v) is 18.1. The molecule has 218 valence electrons. The molecule has 0 aromatic rings. The van der Waals surface area contributed by atoms with Gasteiger partial charge in [-0.3, -0.25) is 14.8 Å². The lowest BCUT2D eigenvalue weighted by molar-refractivity contribution is 0.351. The molecule has 3 nitrogen and oxygen atoms in total. The van der Waals surface area contributed by atoms with E-state index in [1.165, 1.54) is 180 Å². The fraction of sp³-hybridized carbons (Fsp3) is 1.00. The summed E-state index contributed by atoms with van der Waals surface area (Å²) in [6.07, 6.45) is 33.0. The molecule has 4 heteroatoms. The second kappa shape index (κ2) is 29.9. The summed E-state index contributed by atoms with van der Waals surface area (Å²) in [6, 6.07) is 0. The van der Waals surface area contributed by atoms with E-state index in [1.807, 2.05) is 0 Å². The summed E-state index contributed by atoms with van der Waals surface area (Å²) >= 11 is 0. The van der Waals surface area contributed by atoms with E-state index >= 15 is 0 Å². The molecular formula is C32H70N3P. The van der Waals surface area contributed by atoms with E-state index in [4.69, 9.17) is 5.50 Å². The zero-order valence-corrected chi connectivity index (χ0v) is 26.6. The SMILES string of the molecule is CCCCCCCCN(CCCCCCCC)P(N)N(CCCCCCCC)CCCCCCCC. The van der Waals surface area contributed by atoms with E-state index in [1.54, 1.807) is 0 Å². The Hall–Kier alpha value is 0.310. The van der Waals surface area contributed by atoms with Crippen molar-refractivity contribution < 1.29 is 0 Å². The first kappa shape index (κ1) is 36.3. The third-order valence-corrected chi connectivity index (χ3v) is 9.62. The van der Waals surface area contributed by atoms with E-state index < -0.39 is 8.37 Å². The predicted octanol–water partition coefficient (Wildman–Crippen LogP) is 11.2. The first-order valence-electron chi connectivity index (χ1n) is 16.8. The molecule has 0 saturated heterocycles. The summed E-state index contributed by atoms with van der Waals surface area (Å²) in [6.45, 7) is 14.1. The number of hydrogen-bond acceptors (Lipinski definition) is 3. The van der Waals surface area contributed by atoms with Gasteiger partial charge >= 0.3 is 0 Å². The number of hydrogen-bond donors (Lipinski definition) is 1. The van der Waals surface area contributed by atoms with Crippen molar-refractivity contribution in [3.63, 3.8) is 0 Å². The van der Waals surface area contributed by atoms with Gasteiger partial charge in [0.25, 0.3) is 0 Å². The first-order chi connectivity index (χ1) is 17.7. The van der Waals surface area contributed by atoms with Crippen molar-refractivity contribution >= 4 is 8.37 Å². The standard InChI is InChI=1S/C32H70N3P/c1-5-9-13-17-21-25-29-34(30-26-22-18-14-10-6-2)36(33)35(31-27-23-19-15-11-7-3)32-28-24-20-16-12-8-4/h5-33H2,1-4H3. The highest BCUT2D eigenvalue weighted by Gasteiger charge is 2.21. The summed E-state index contributed by atoms with van der Waals surface area (Å²) in [5, 5.41) is 0. The smallest absolute Gasteiger partial charge is 0.114 e. The third-order valence-electron chi connectivity index (χ3n) is 7.66. The van der Waals surface area contributed by atoms with E-state index in [9.17, 15) is 0 Å². The lowest BCUT2D eigenvalue weighted by Gasteiger charge is -2.37. The van der Waals surface area contributed by atoms with Gasteiger partial charge in [-0.2, -0.15) is 0 Å². The Balaban J connectivity index is 4.80. The molecule has 0 aliphatic carbocycles. The van der Waals surface area contributed by atoms with Crippen molar-refractivity contribution in [2.75, 3.05) is 26.2 Å². The summed E-state index contributed by atoms with van der Waals surface area (Å²) in [4.78, 5) is 0. The average molecular weight is 528 g/mol. The van der Waals surface area contributed by atoms with Crippen molar-refractivity contribution in [2.45, 2.75) is 182 Å². The molecule has 36 heavy (non-hydrogen) atoms. The van der Waals surface area contributed by atoms with Crippen molar-refractivity contribution in [1.82, 2.24) is 9.34 Å². The van der Waals surface area contributed by atoms with Crippen LogP contribution in [-0.4, -0.2) is 35.5 Å². The van der Waals surface area contributed by atoms with Crippen LogP contribution in [0.15, 0.2) is 0 Å². The highest BCUT2D eigenvalue weighted by molar-refractivity contribution is 7.50. The van der Waals surface area contributed by atoms with Crippen LogP contribution in [0.1, 0.15) is 182 Å². The van der Waals surface area contributed by atoms with Gasteiger partial charge in [0.1, 0.15) is 8.37 Å². The number of unbranched alkanes of at least 4 members (excludes halogenated alkanes) is 20. The van der Waals surface area contributed by atoms with Crippen LogP contribution in [0.2, 0.25) is 0 Å². The Bertz CT molecular complexity index is 339. The third kappa shape index (κ3) is 23.4. The molecule has 0 heterocycles. The second-order valence-electron chi connectivity index (χ2n) is 11.3. The zero-order valence-electron chi connectivity index (χ0n) is 25.7. The quantitative estimate of drug-likeness (QED) is 0.0744. The van der Waals surface area contributed by atoms with Gasteiger partial charge in [-0.05, 0) is 25.7 Å². The van der Waals surface area contributed by atoms with Crippen molar-refractivity contribution in [2.24, 2.45) is 5.50 Å².